The fraction of sp³-hybridized carbons (Fsp3) is 0.364. The van der Waals surface area contributed by atoms with Crippen molar-refractivity contribution < 1.29 is 4.79 Å². The van der Waals surface area contributed by atoms with Crippen LogP contribution < -0.4 is 5.32 Å². The topological polar surface area (TPSA) is 59.8 Å². The number of anilines is 1. The van der Waals surface area contributed by atoms with Gasteiger partial charge in [0.2, 0.25) is 5.95 Å². The number of hydrogen-bond donors (Lipinski definition) is 1. The number of imidazole rings is 1. The monoisotopic (exact) mass is 250 g/mol. The Morgan fingerprint density at radius 2 is 2.41 bits per heavy atom. The van der Waals surface area contributed by atoms with Crippen molar-refractivity contribution in [3.8, 4) is 0 Å². The summed E-state index contributed by atoms with van der Waals surface area (Å²) in [6.45, 7) is 2.09. The Morgan fingerprint density at radius 3 is 3.06 bits per heavy atom. The minimum absolute atomic E-state index is 0.210. The lowest BCUT2D eigenvalue weighted by Gasteiger charge is -2.01. The van der Waals surface area contributed by atoms with Crippen LogP contribution in [-0.2, 0) is 13.5 Å². The summed E-state index contributed by atoms with van der Waals surface area (Å²) in [6, 6.07) is 0. The van der Waals surface area contributed by atoms with Crippen molar-refractivity contribution in [2.24, 2.45) is 7.05 Å². The number of rotatable bonds is 4. The normalized spacial score (nSPS) is 10.5. The van der Waals surface area contributed by atoms with E-state index < -0.39 is 0 Å². The lowest BCUT2D eigenvalue weighted by atomic mass is 10.3. The molecule has 0 saturated heterocycles. The number of nitrogens with one attached hydrogen (secondary N) is 1. The Hall–Kier alpha value is -1.69. The minimum atomic E-state index is -0.210. The van der Waals surface area contributed by atoms with Gasteiger partial charge < -0.3 is 4.57 Å². The first-order valence-electron chi connectivity index (χ1n) is 5.43. The molecule has 0 bridgehead atoms. The zero-order chi connectivity index (χ0) is 12.3. The van der Waals surface area contributed by atoms with E-state index in [-0.39, 0.29) is 5.91 Å². The number of aromatic nitrogens is 3. The molecule has 2 aromatic heterocycles. The van der Waals surface area contributed by atoms with Crippen LogP contribution in [0, 0.1) is 0 Å². The maximum atomic E-state index is 11.9. The number of carbonyl (C=O) groups excluding carboxylic acids is 1. The zero-order valence-electron chi connectivity index (χ0n) is 9.80. The van der Waals surface area contributed by atoms with E-state index in [4.69, 9.17) is 0 Å². The van der Waals surface area contributed by atoms with Gasteiger partial charge in [-0.15, -0.1) is 11.3 Å². The van der Waals surface area contributed by atoms with Crippen molar-refractivity contribution in [1.29, 1.82) is 0 Å². The first-order valence-corrected chi connectivity index (χ1v) is 6.31. The molecular formula is C11H14N4OS. The van der Waals surface area contributed by atoms with E-state index in [1.54, 1.807) is 22.3 Å². The lowest BCUT2D eigenvalue weighted by Crippen LogP contribution is -2.15. The molecule has 0 aliphatic carbocycles. The average molecular weight is 250 g/mol. The number of hydrogen-bond acceptors (Lipinski definition) is 4. The highest BCUT2D eigenvalue weighted by atomic mass is 32.1. The minimum Gasteiger partial charge on any atom is -0.320 e. The molecule has 2 aromatic rings. The maximum Gasteiger partial charge on any atom is 0.277 e. The van der Waals surface area contributed by atoms with Gasteiger partial charge in [-0.1, -0.05) is 6.92 Å². The number of nitrogens with zero attached hydrogens (tertiary/aromatic N) is 3. The molecule has 5 nitrogen and oxygen atoms in total. The highest BCUT2D eigenvalue weighted by Crippen LogP contribution is 2.13. The third kappa shape index (κ3) is 2.71. The van der Waals surface area contributed by atoms with E-state index in [0.29, 0.717) is 11.6 Å². The smallest absolute Gasteiger partial charge is 0.277 e. The van der Waals surface area contributed by atoms with Gasteiger partial charge in [-0.05, 0) is 12.8 Å². The van der Waals surface area contributed by atoms with E-state index in [0.717, 1.165) is 17.8 Å². The summed E-state index contributed by atoms with van der Waals surface area (Å²) in [5.41, 5.74) is 0.460. The Bertz CT molecular complexity index is 517. The van der Waals surface area contributed by atoms with Gasteiger partial charge in [-0.2, -0.15) is 0 Å². The first kappa shape index (κ1) is 11.8. The van der Waals surface area contributed by atoms with Crippen LogP contribution in [0.25, 0.3) is 0 Å². The van der Waals surface area contributed by atoms with Crippen LogP contribution in [0.2, 0.25) is 0 Å². The molecule has 0 spiro atoms. The predicted octanol–water partition coefficient (Wildman–Crippen LogP) is 2.08. The molecule has 17 heavy (non-hydrogen) atoms. The highest BCUT2D eigenvalue weighted by Gasteiger charge is 2.12. The van der Waals surface area contributed by atoms with Gasteiger partial charge in [-0.3, -0.25) is 10.1 Å². The number of amides is 1. The fourth-order valence-corrected chi connectivity index (χ4v) is 2.28. The molecule has 0 aromatic carbocycles. The largest absolute Gasteiger partial charge is 0.320 e. The van der Waals surface area contributed by atoms with Crippen LogP contribution in [0.5, 0.6) is 0 Å². The summed E-state index contributed by atoms with van der Waals surface area (Å²) >= 11 is 1.52. The Balaban J connectivity index is 2.07. The summed E-state index contributed by atoms with van der Waals surface area (Å²) in [7, 11) is 1.83. The maximum absolute atomic E-state index is 11.9. The van der Waals surface area contributed by atoms with Gasteiger partial charge in [0, 0.05) is 24.8 Å². The van der Waals surface area contributed by atoms with Crippen LogP contribution in [-0.4, -0.2) is 20.4 Å². The number of aryl methyl sites for hydroxylation is 2. The van der Waals surface area contributed by atoms with Crippen LogP contribution in [0.3, 0.4) is 0 Å². The van der Waals surface area contributed by atoms with E-state index in [1.165, 1.54) is 11.3 Å². The lowest BCUT2D eigenvalue weighted by molar-refractivity contribution is 0.102. The van der Waals surface area contributed by atoms with E-state index >= 15 is 0 Å². The van der Waals surface area contributed by atoms with Crippen molar-refractivity contribution in [3.05, 3.63) is 28.5 Å². The van der Waals surface area contributed by atoms with Gasteiger partial charge in [0.15, 0.2) is 0 Å². The van der Waals surface area contributed by atoms with Crippen molar-refractivity contribution >= 4 is 23.2 Å². The average Bonchev–Trinajstić information content (AvgIpc) is 2.90. The van der Waals surface area contributed by atoms with Gasteiger partial charge in [0.1, 0.15) is 5.69 Å². The first-order chi connectivity index (χ1) is 8.20. The summed E-state index contributed by atoms with van der Waals surface area (Å²) in [6.07, 6.45) is 5.37. The third-order valence-corrected chi connectivity index (χ3v) is 3.20. The van der Waals surface area contributed by atoms with Crippen molar-refractivity contribution in [1.82, 2.24) is 14.5 Å². The van der Waals surface area contributed by atoms with E-state index in [1.807, 2.05) is 7.05 Å². The molecule has 0 saturated carbocycles. The van der Waals surface area contributed by atoms with Crippen LogP contribution in [0.1, 0.15) is 28.8 Å². The van der Waals surface area contributed by atoms with E-state index in [9.17, 15) is 4.79 Å². The number of thiazole rings is 1. The molecular weight excluding hydrogens is 236 g/mol. The van der Waals surface area contributed by atoms with Gasteiger partial charge in [-0.25, -0.2) is 9.97 Å². The fourth-order valence-electron chi connectivity index (χ4n) is 1.40. The van der Waals surface area contributed by atoms with Crippen molar-refractivity contribution in [2.45, 2.75) is 19.8 Å². The molecule has 0 fully saturated rings. The molecule has 0 aliphatic heterocycles. The Morgan fingerprint density at radius 1 is 1.59 bits per heavy atom. The van der Waals surface area contributed by atoms with Crippen LogP contribution in [0.4, 0.5) is 5.95 Å². The standard InChI is InChI=1S/C11H14N4OS/c1-3-4-9-13-8(7-17-9)10(16)14-11-12-5-6-15(11)2/h5-7H,3-4H2,1-2H3,(H,12,14,16). The summed E-state index contributed by atoms with van der Waals surface area (Å²) < 4.78 is 1.75. The molecule has 1 N–H and O–H groups in total. The van der Waals surface area contributed by atoms with Gasteiger partial charge in [0.25, 0.3) is 5.91 Å². The van der Waals surface area contributed by atoms with Gasteiger partial charge in [0.05, 0.1) is 5.01 Å². The molecule has 2 rings (SSSR count). The molecule has 2 heterocycles. The summed E-state index contributed by atoms with van der Waals surface area (Å²) in [5, 5.41) is 5.50. The molecule has 90 valence electrons. The SMILES string of the molecule is CCCc1nc(C(=O)Nc2nccn2C)cs1. The molecule has 0 aliphatic rings. The van der Waals surface area contributed by atoms with Crippen LogP contribution in [0.15, 0.2) is 17.8 Å². The summed E-state index contributed by atoms with van der Waals surface area (Å²) in [4.78, 5) is 20.2. The predicted molar refractivity (Wildman–Crippen MR) is 67.3 cm³/mol. The molecule has 6 heteroatoms. The second-order valence-electron chi connectivity index (χ2n) is 3.69. The van der Waals surface area contributed by atoms with Gasteiger partial charge >= 0.3 is 0 Å². The van der Waals surface area contributed by atoms with Crippen LogP contribution >= 0.6 is 11.3 Å². The Labute approximate surface area is 104 Å². The third-order valence-electron chi connectivity index (χ3n) is 2.29. The highest BCUT2D eigenvalue weighted by molar-refractivity contribution is 7.09. The second-order valence-corrected chi connectivity index (χ2v) is 4.64. The molecule has 0 radical (unpaired) electrons. The van der Waals surface area contributed by atoms with Crippen molar-refractivity contribution in [3.63, 3.8) is 0 Å². The molecule has 0 unspecified atom stereocenters. The second kappa shape index (κ2) is 5.09. The van der Waals surface area contributed by atoms with Crippen molar-refractivity contribution in [2.75, 3.05) is 5.32 Å². The van der Waals surface area contributed by atoms with E-state index in [2.05, 4.69) is 22.2 Å². The quantitative estimate of drug-likeness (QED) is 0.903. The summed E-state index contributed by atoms with van der Waals surface area (Å²) in [5.74, 6) is 0.318. The molecule has 1 amide bonds. The number of carbonyl (C=O) groups is 1. The molecule has 0 atom stereocenters. The Kier molecular flexibility index (Phi) is 3.53. The zero-order valence-corrected chi connectivity index (χ0v) is 10.6.